The van der Waals surface area contributed by atoms with E-state index >= 15 is 0 Å². The van der Waals surface area contributed by atoms with Gasteiger partial charge in [0.25, 0.3) is 0 Å². The lowest BCUT2D eigenvalue weighted by molar-refractivity contribution is -0.140. The maximum Gasteiger partial charge on any atom is 0.243 e. The van der Waals surface area contributed by atoms with Crippen molar-refractivity contribution in [1.29, 1.82) is 0 Å². The number of rotatable bonds is 6. The number of nitrogens with one attached hydrogen (secondary N) is 1. The second-order valence-corrected chi connectivity index (χ2v) is 10.9. The highest BCUT2D eigenvalue weighted by Crippen LogP contribution is 2.38. The van der Waals surface area contributed by atoms with Crippen LogP contribution in [0.3, 0.4) is 0 Å². The normalized spacial score (nSPS) is 24.8. The molecule has 3 aliphatic rings. The first-order chi connectivity index (χ1) is 15.4. The summed E-state index contributed by atoms with van der Waals surface area (Å²) < 4.78 is 27.5. The number of likely N-dealkylation sites (tertiary alicyclic amines) is 1. The molecule has 1 aromatic rings. The van der Waals surface area contributed by atoms with E-state index in [4.69, 9.17) is 0 Å². The Hall–Kier alpha value is -2.26. The van der Waals surface area contributed by atoms with Crippen LogP contribution in [0, 0.1) is 11.8 Å². The summed E-state index contributed by atoms with van der Waals surface area (Å²) >= 11 is 0. The zero-order chi connectivity index (χ0) is 22.7. The van der Waals surface area contributed by atoms with Gasteiger partial charge in [0.1, 0.15) is 0 Å². The summed E-state index contributed by atoms with van der Waals surface area (Å²) in [6.45, 7) is 1.08. The van der Waals surface area contributed by atoms with Crippen LogP contribution in [0.15, 0.2) is 29.2 Å². The minimum absolute atomic E-state index is 0.0139. The van der Waals surface area contributed by atoms with Gasteiger partial charge in [-0.2, -0.15) is 4.31 Å². The van der Waals surface area contributed by atoms with E-state index in [0.717, 1.165) is 51.4 Å². The molecule has 1 saturated carbocycles. The lowest BCUT2D eigenvalue weighted by atomic mass is 9.81. The molecule has 3 fully saturated rings. The molecule has 0 bridgehead atoms. The Labute approximate surface area is 189 Å². The Morgan fingerprint density at radius 2 is 1.56 bits per heavy atom. The fraction of sp³-hybridized carbons (Fsp3) is 0.609. The van der Waals surface area contributed by atoms with Crippen LogP contribution < -0.4 is 5.32 Å². The molecule has 0 aromatic heterocycles. The molecular weight excluding hydrogens is 430 g/mol. The van der Waals surface area contributed by atoms with E-state index in [2.05, 4.69) is 5.32 Å². The summed E-state index contributed by atoms with van der Waals surface area (Å²) in [5.41, 5.74) is 0.388. The number of benzene rings is 1. The second kappa shape index (κ2) is 9.70. The fourth-order valence-electron chi connectivity index (χ4n) is 5.05. The number of carbonyl (C=O) groups excluding carboxylic acids is 3. The number of anilines is 1. The molecule has 0 spiro atoms. The van der Waals surface area contributed by atoms with Crippen molar-refractivity contribution >= 4 is 33.4 Å². The number of amides is 3. The summed E-state index contributed by atoms with van der Waals surface area (Å²) in [5.74, 6) is -1.11. The summed E-state index contributed by atoms with van der Waals surface area (Å²) in [4.78, 5) is 39.0. The number of sulfonamides is 1. The molecule has 1 N–H and O–H groups in total. The maximum absolute atomic E-state index is 13.0. The molecule has 2 atom stereocenters. The molecule has 2 saturated heterocycles. The average molecular weight is 462 g/mol. The summed E-state index contributed by atoms with van der Waals surface area (Å²) in [6, 6.07) is 6.26. The first kappa shape index (κ1) is 22.9. The quantitative estimate of drug-likeness (QED) is 0.656. The van der Waals surface area contributed by atoms with Crippen LogP contribution in [0.4, 0.5) is 5.69 Å². The van der Waals surface area contributed by atoms with Gasteiger partial charge in [-0.3, -0.25) is 19.3 Å². The second-order valence-electron chi connectivity index (χ2n) is 8.97. The number of carbonyl (C=O) groups is 3. The summed E-state index contributed by atoms with van der Waals surface area (Å²) in [5, 5.41) is 2.71. The molecule has 2 unspecified atom stereocenters. The Kier molecular flexibility index (Phi) is 6.95. The third-order valence-electron chi connectivity index (χ3n) is 6.82. The van der Waals surface area contributed by atoms with E-state index in [0.29, 0.717) is 18.8 Å². The maximum atomic E-state index is 13.0. The SMILES string of the molecule is O=C(CCN1C(=O)C2CCCCC2C1=O)Nc1cccc(S(=O)(=O)N2CCCCCC2)c1. The largest absolute Gasteiger partial charge is 0.326 e. The van der Waals surface area contributed by atoms with Crippen molar-refractivity contribution in [3.63, 3.8) is 0 Å². The van der Waals surface area contributed by atoms with E-state index in [1.165, 1.54) is 15.3 Å². The zero-order valence-electron chi connectivity index (χ0n) is 18.3. The van der Waals surface area contributed by atoms with Gasteiger partial charge in [0, 0.05) is 31.7 Å². The Bertz CT molecular complexity index is 961. The molecule has 2 heterocycles. The van der Waals surface area contributed by atoms with Crippen molar-refractivity contribution in [2.75, 3.05) is 25.0 Å². The third kappa shape index (κ3) is 4.73. The first-order valence-corrected chi connectivity index (χ1v) is 13.1. The molecule has 4 rings (SSSR count). The smallest absolute Gasteiger partial charge is 0.243 e. The molecule has 8 nitrogen and oxygen atoms in total. The van der Waals surface area contributed by atoms with Crippen molar-refractivity contribution in [2.45, 2.75) is 62.7 Å². The summed E-state index contributed by atoms with van der Waals surface area (Å²) in [6.07, 6.45) is 7.18. The monoisotopic (exact) mass is 461 g/mol. The highest BCUT2D eigenvalue weighted by atomic mass is 32.2. The average Bonchev–Trinajstić information content (AvgIpc) is 2.98. The summed E-state index contributed by atoms with van der Waals surface area (Å²) in [7, 11) is -3.61. The van der Waals surface area contributed by atoms with Gasteiger partial charge in [-0.15, -0.1) is 0 Å². The third-order valence-corrected chi connectivity index (χ3v) is 8.71. The fourth-order valence-corrected chi connectivity index (χ4v) is 6.62. The van der Waals surface area contributed by atoms with Crippen LogP contribution in [-0.2, 0) is 24.4 Å². The molecule has 1 aliphatic carbocycles. The molecule has 2 aliphatic heterocycles. The van der Waals surface area contributed by atoms with Gasteiger partial charge in [0.15, 0.2) is 0 Å². The Morgan fingerprint density at radius 3 is 2.19 bits per heavy atom. The molecule has 3 amide bonds. The molecule has 0 radical (unpaired) electrons. The van der Waals surface area contributed by atoms with Crippen molar-refractivity contribution in [3.05, 3.63) is 24.3 Å². The van der Waals surface area contributed by atoms with Crippen molar-refractivity contribution in [1.82, 2.24) is 9.21 Å². The van der Waals surface area contributed by atoms with E-state index in [1.54, 1.807) is 18.2 Å². The predicted octanol–water partition coefficient (Wildman–Crippen LogP) is 2.76. The lowest BCUT2D eigenvalue weighted by Gasteiger charge is -2.20. The van der Waals surface area contributed by atoms with E-state index in [9.17, 15) is 22.8 Å². The highest BCUT2D eigenvalue weighted by Gasteiger charge is 2.47. The van der Waals surface area contributed by atoms with Crippen molar-refractivity contribution in [2.24, 2.45) is 11.8 Å². The van der Waals surface area contributed by atoms with Gasteiger partial charge in [0.05, 0.1) is 16.7 Å². The van der Waals surface area contributed by atoms with Gasteiger partial charge in [-0.1, -0.05) is 31.7 Å². The van der Waals surface area contributed by atoms with Crippen LogP contribution in [0.1, 0.15) is 57.8 Å². The van der Waals surface area contributed by atoms with Crippen LogP contribution >= 0.6 is 0 Å². The van der Waals surface area contributed by atoms with E-state index in [-0.39, 0.29) is 47.4 Å². The number of imide groups is 1. The Balaban J connectivity index is 1.37. The molecule has 174 valence electrons. The number of nitrogens with zero attached hydrogens (tertiary/aromatic N) is 2. The zero-order valence-corrected chi connectivity index (χ0v) is 19.1. The van der Waals surface area contributed by atoms with Gasteiger partial charge in [-0.05, 0) is 43.9 Å². The van der Waals surface area contributed by atoms with E-state index < -0.39 is 10.0 Å². The topological polar surface area (TPSA) is 104 Å². The first-order valence-electron chi connectivity index (χ1n) is 11.6. The molecule has 32 heavy (non-hydrogen) atoms. The minimum Gasteiger partial charge on any atom is -0.326 e. The van der Waals surface area contributed by atoms with E-state index in [1.807, 2.05) is 0 Å². The molecule has 1 aromatic carbocycles. The van der Waals surface area contributed by atoms with Crippen LogP contribution in [-0.4, -0.2) is 55.0 Å². The van der Waals surface area contributed by atoms with Gasteiger partial charge in [-0.25, -0.2) is 8.42 Å². The van der Waals surface area contributed by atoms with Gasteiger partial charge < -0.3 is 5.32 Å². The molecular formula is C23H31N3O5S. The van der Waals surface area contributed by atoms with Crippen LogP contribution in [0.25, 0.3) is 0 Å². The lowest BCUT2D eigenvalue weighted by Crippen LogP contribution is -2.34. The van der Waals surface area contributed by atoms with Gasteiger partial charge >= 0.3 is 0 Å². The van der Waals surface area contributed by atoms with Gasteiger partial charge in [0.2, 0.25) is 27.7 Å². The highest BCUT2D eigenvalue weighted by molar-refractivity contribution is 7.89. The Morgan fingerprint density at radius 1 is 0.938 bits per heavy atom. The van der Waals surface area contributed by atoms with Crippen molar-refractivity contribution < 1.29 is 22.8 Å². The van der Waals surface area contributed by atoms with Crippen LogP contribution in [0.2, 0.25) is 0 Å². The van der Waals surface area contributed by atoms with Crippen LogP contribution in [0.5, 0.6) is 0 Å². The standard InChI is InChI=1S/C23H31N3O5S/c27-21(12-15-26-22(28)19-10-3-4-11-20(19)23(26)29)24-17-8-7-9-18(16-17)32(30,31)25-13-5-1-2-6-14-25/h7-9,16,19-20H,1-6,10-15H2,(H,24,27). The van der Waals surface area contributed by atoms with Crippen molar-refractivity contribution in [3.8, 4) is 0 Å². The number of hydrogen-bond acceptors (Lipinski definition) is 5. The number of hydrogen-bond donors (Lipinski definition) is 1. The molecule has 9 heteroatoms. The number of fused-ring (bicyclic) bond motifs is 1. The predicted molar refractivity (Wildman–Crippen MR) is 119 cm³/mol. The minimum atomic E-state index is -3.61.